The molecule has 1 heterocycles. The summed E-state index contributed by atoms with van der Waals surface area (Å²) >= 11 is 0. The van der Waals surface area contributed by atoms with Crippen LogP contribution >= 0.6 is 49.6 Å². The quantitative estimate of drug-likeness (QED) is 0.0614. The van der Waals surface area contributed by atoms with Crippen molar-refractivity contribution in [2.75, 3.05) is 57.3 Å². The van der Waals surface area contributed by atoms with Crippen molar-refractivity contribution in [1.82, 2.24) is 21.3 Å². The van der Waals surface area contributed by atoms with E-state index in [9.17, 15) is 29.3 Å². The first-order chi connectivity index (χ1) is 20.3. The summed E-state index contributed by atoms with van der Waals surface area (Å²) in [5.41, 5.74) is 10.8. The summed E-state index contributed by atoms with van der Waals surface area (Å²) in [6, 6.07) is 11.1. The van der Waals surface area contributed by atoms with Crippen molar-refractivity contribution < 1.29 is 24.1 Å². The van der Waals surface area contributed by atoms with E-state index in [0.717, 1.165) is 11.0 Å². The van der Waals surface area contributed by atoms with Gasteiger partial charge in [0.25, 0.3) is 29.3 Å². The molecule has 0 atom stereocenters. The van der Waals surface area contributed by atoms with Crippen LogP contribution in [0.5, 0.6) is 0 Å². The Morgan fingerprint density at radius 1 is 0.717 bits per heavy atom. The number of carbonyl (C=O) groups excluding carboxylic acids is 4. The van der Waals surface area contributed by atoms with Crippen LogP contribution in [0.2, 0.25) is 0 Å². The van der Waals surface area contributed by atoms with Crippen molar-refractivity contribution in [3.05, 3.63) is 80.9 Å². The zero-order valence-corrected chi connectivity index (χ0v) is 27.7. The molecule has 0 fully saturated rings. The molecule has 3 aromatic rings. The molecular formula is C28H36Cl4N8O6. The lowest BCUT2D eigenvalue weighted by atomic mass is 9.92. The maximum atomic E-state index is 13.7. The minimum atomic E-state index is -0.812. The van der Waals surface area contributed by atoms with Crippen LogP contribution in [0.25, 0.3) is 10.8 Å². The smallest absolute Gasteiger partial charge is 0.270 e. The second kappa shape index (κ2) is 19.8. The molecule has 0 saturated carbocycles. The summed E-state index contributed by atoms with van der Waals surface area (Å²) in [5, 5.41) is 23.8. The van der Waals surface area contributed by atoms with Gasteiger partial charge in [0.05, 0.1) is 16.2 Å². The van der Waals surface area contributed by atoms with Gasteiger partial charge in [0.2, 0.25) is 0 Å². The van der Waals surface area contributed by atoms with Gasteiger partial charge in [-0.2, -0.15) is 0 Å². The highest BCUT2D eigenvalue weighted by atomic mass is 35.5. The van der Waals surface area contributed by atoms with Crippen molar-refractivity contribution in [3.8, 4) is 0 Å². The van der Waals surface area contributed by atoms with E-state index in [1.165, 1.54) is 30.3 Å². The molecule has 0 aromatic heterocycles. The molecule has 0 spiro atoms. The Kier molecular flexibility index (Phi) is 18.3. The van der Waals surface area contributed by atoms with E-state index in [1.54, 1.807) is 12.1 Å². The number of nitro groups is 1. The highest BCUT2D eigenvalue weighted by molar-refractivity contribution is 6.36. The monoisotopic (exact) mass is 720 g/mol. The molecule has 0 radical (unpaired) electrons. The number of carbonyl (C=O) groups is 4. The number of nitrogens with two attached hydrogens (primary N) is 2. The second-order valence-corrected chi connectivity index (χ2v) is 9.46. The van der Waals surface area contributed by atoms with Crippen LogP contribution in [0.15, 0.2) is 48.5 Å². The highest BCUT2D eigenvalue weighted by Gasteiger charge is 2.36. The Bertz CT molecular complexity index is 1520. The number of hydrogen-bond acceptors (Lipinski definition) is 10. The molecule has 4 amide bonds. The van der Waals surface area contributed by atoms with E-state index in [1.807, 2.05) is 0 Å². The number of non-ortho nitro benzene ring substituents is 1. The van der Waals surface area contributed by atoms with Crippen LogP contribution in [0.4, 0.5) is 11.4 Å². The van der Waals surface area contributed by atoms with Gasteiger partial charge in [-0.1, -0.05) is 12.1 Å². The molecule has 0 saturated heterocycles. The number of nitrogens with one attached hydrogen (secondary N) is 4. The molecule has 14 nitrogen and oxygen atoms in total. The third-order valence-electron chi connectivity index (χ3n) is 6.56. The van der Waals surface area contributed by atoms with E-state index >= 15 is 0 Å². The molecule has 0 aliphatic carbocycles. The lowest BCUT2D eigenvalue weighted by Gasteiger charge is -2.27. The first-order valence-electron chi connectivity index (χ1n) is 13.4. The van der Waals surface area contributed by atoms with Crippen molar-refractivity contribution in [2.24, 2.45) is 11.5 Å². The molecule has 18 heteroatoms. The fraction of sp³-hybridized carbons (Fsp3) is 0.286. The Hall–Kier alpha value is -3.60. The molecule has 0 bridgehead atoms. The third-order valence-corrected chi connectivity index (χ3v) is 6.56. The lowest BCUT2D eigenvalue weighted by Crippen LogP contribution is -2.41. The van der Waals surface area contributed by atoms with Crippen molar-refractivity contribution in [3.63, 3.8) is 0 Å². The number of imide groups is 1. The van der Waals surface area contributed by atoms with Crippen molar-refractivity contribution >= 4 is 95.4 Å². The predicted molar refractivity (Wildman–Crippen MR) is 186 cm³/mol. The number of rotatable bonds is 14. The van der Waals surface area contributed by atoms with Gasteiger partial charge in [0.1, 0.15) is 0 Å². The maximum Gasteiger partial charge on any atom is 0.270 e. The number of nitro benzene ring substituents is 1. The third kappa shape index (κ3) is 9.70. The molecule has 252 valence electrons. The van der Waals surface area contributed by atoms with Crippen LogP contribution in [0.1, 0.15) is 41.4 Å². The van der Waals surface area contributed by atoms with Gasteiger partial charge in [-0.3, -0.25) is 29.3 Å². The van der Waals surface area contributed by atoms with Gasteiger partial charge in [-0.25, -0.2) is 4.90 Å². The fourth-order valence-electron chi connectivity index (χ4n) is 4.62. The van der Waals surface area contributed by atoms with Gasteiger partial charge in [0.15, 0.2) is 0 Å². The van der Waals surface area contributed by atoms with Crippen LogP contribution in [0.3, 0.4) is 0 Å². The van der Waals surface area contributed by atoms with Crippen LogP contribution < -0.4 is 37.6 Å². The maximum absolute atomic E-state index is 13.7. The minimum absolute atomic E-state index is 0. The molecule has 8 N–H and O–H groups in total. The molecule has 4 rings (SSSR count). The van der Waals surface area contributed by atoms with E-state index in [0.29, 0.717) is 50.0 Å². The predicted octanol–water partition coefficient (Wildman–Crippen LogP) is 1.79. The fourth-order valence-corrected chi connectivity index (χ4v) is 4.62. The topological polar surface area (TPSA) is 215 Å². The normalized spacial score (nSPS) is 11.4. The number of anilines is 1. The number of benzene rings is 3. The summed E-state index contributed by atoms with van der Waals surface area (Å²) < 4.78 is 0. The van der Waals surface area contributed by atoms with Gasteiger partial charge in [-0.15, -0.1) is 49.6 Å². The molecule has 46 heavy (non-hydrogen) atoms. The Morgan fingerprint density at radius 2 is 1.24 bits per heavy atom. The average Bonchev–Trinajstić information content (AvgIpc) is 2.99. The summed E-state index contributed by atoms with van der Waals surface area (Å²) in [4.78, 5) is 65.3. The highest BCUT2D eigenvalue weighted by Crippen LogP contribution is 2.36. The van der Waals surface area contributed by atoms with Gasteiger partial charge >= 0.3 is 0 Å². The SMILES string of the molecule is Cl.Cl.Cl.Cl.NCCNCCNC(=O)c1cc(C(=O)NCCNCCN)cc(N2C(=O)c3cccc4cc([N+](=O)[O-])cc(c34)C2=O)c1. The molecule has 3 aromatic carbocycles. The number of hydrogen-bond donors (Lipinski definition) is 6. The first kappa shape index (κ1) is 42.4. The zero-order valence-electron chi connectivity index (χ0n) is 24.4. The largest absolute Gasteiger partial charge is 0.351 e. The second-order valence-electron chi connectivity index (χ2n) is 9.46. The number of amides is 4. The Balaban J connectivity index is 0.00000506. The Labute approximate surface area is 289 Å². The lowest BCUT2D eigenvalue weighted by molar-refractivity contribution is -0.384. The summed E-state index contributed by atoms with van der Waals surface area (Å²) in [7, 11) is 0. The van der Waals surface area contributed by atoms with Crippen molar-refractivity contribution in [1.29, 1.82) is 0 Å². The molecule has 1 aliphatic heterocycles. The van der Waals surface area contributed by atoms with Crippen molar-refractivity contribution in [2.45, 2.75) is 0 Å². The first-order valence-corrected chi connectivity index (χ1v) is 13.4. The van der Waals surface area contributed by atoms with Crippen LogP contribution in [-0.4, -0.2) is 80.9 Å². The van der Waals surface area contributed by atoms with Gasteiger partial charge < -0.3 is 32.7 Å². The average molecular weight is 722 g/mol. The van der Waals surface area contributed by atoms with Crippen LogP contribution in [0, 0.1) is 10.1 Å². The summed E-state index contributed by atoms with van der Waals surface area (Å²) in [6.07, 6.45) is 0. The molecule has 1 aliphatic rings. The van der Waals surface area contributed by atoms with Gasteiger partial charge in [-0.05, 0) is 29.7 Å². The summed E-state index contributed by atoms with van der Waals surface area (Å²) in [5.74, 6) is -2.55. The summed E-state index contributed by atoms with van der Waals surface area (Å²) in [6.45, 7) is 3.45. The van der Waals surface area contributed by atoms with E-state index in [-0.39, 0.29) is 96.3 Å². The minimum Gasteiger partial charge on any atom is -0.351 e. The molecule has 0 unspecified atom stereocenters. The number of nitrogens with zero attached hydrogens (tertiary/aromatic N) is 2. The Morgan fingerprint density at radius 3 is 1.74 bits per heavy atom. The standard InChI is InChI=1S/C28H32N8O6.4ClH/c29-4-6-31-8-10-33-25(37)18-12-19(26(38)34-11-9-32-7-5-30)15-20(14-18)35-27(39)22-3-1-2-17-13-21(36(41)42)16-23(24(17)22)28(35)40;;;;/h1-3,12-16,31-32H,4-11,29-30H2,(H,33,37)(H,34,38);4*1H. The van der Waals surface area contributed by atoms with E-state index in [4.69, 9.17) is 11.5 Å². The number of halogens is 4. The van der Waals surface area contributed by atoms with E-state index < -0.39 is 28.6 Å². The molecular weight excluding hydrogens is 686 g/mol. The van der Waals surface area contributed by atoms with Crippen LogP contribution in [-0.2, 0) is 0 Å². The zero-order chi connectivity index (χ0) is 30.2. The van der Waals surface area contributed by atoms with Gasteiger partial charge in [0, 0.05) is 86.6 Å². The van der Waals surface area contributed by atoms with E-state index in [2.05, 4.69) is 21.3 Å².